The van der Waals surface area contributed by atoms with Gasteiger partial charge in [-0.2, -0.15) is 0 Å². The summed E-state index contributed by atoms with van der Waals surface area (Å²) in [6, 6.07) is 5.05. The van der Waals surface area contributed by atoms with Gasteiger partial charge in [0, 0.05) is 26.6 Å². The van der Waals surface area contributed by atoms with Gasteiger partial charge in [-0.3, -0.25) is 4.79 Å². The lowest BCUT2D eigenvalue weighted by Gasteiger charge is -2.08. The SMILES string of the molecule is COCCNC(=O)CCNS(=O)(=O)c1ccccc1F. The monoisotopic (exact) mass is 304 g/mol. The molecule has 0 bridgehead atoms. The number of rotatable bonds is 8. The highest BCUT2D eigenvalue weighted by molar-refractivity contribution is 7.89. The molecule has 0 aliphatic rings. The van der Waals surface area contributed by atoms with Crippen LogP contribution in [0, 0.1) is 5.82 Å². The fraction of sp³-hybridized carbons (Fsp3) is 0.417. The maximum atomic E-state index is 13.4. The topological polar surface area (TPSA) is 84.5 Å². The van der Waals surface area contributed by atoms with Crippen molar-refractivity contribution in [2.75, 3.05) is 26.8 Å². The minimum Gasteiger partial charge on any atom is -0.383 e. The molecule has 1 aromatic carbocycles. The van der Waals surface area contributed by atoms with Crippen LogP contribution >= 0.6 is 0 Å². The first-order valence-corrected chi connectivity index (χ1v) is 7.45. The average Bonchev–Trinajstić information content (AvgIpc) is 2.39. The van der Waals surface area contributed by atoms with E-state index in [0.717, 1.165) is 12.1 Å². The number of carbonyl (C=O) groups excluding carboxylic acids is 1. The summed E-state index contributed by atoms with van der Waals surface area (Å²) in [7, 11) is -2.43. The van der Waals surface area contributed by atoms with Crippen LogP contribution < -0.4 is 10.0 Å². The number of carbonyl (C=O) groups is 1. The molecule has 0 aliphatic heterocycles. The molecule has 0 radical (unpaired) electrons. The van der Waals surface area contributed by atoms with Crippen molar-refractivity contribution >= 4 is 15.9 Å². The van der Waals surface area contributed by atoms with E-state index in [9.17, 15) is 17.6 Å². The van der Waals surface area contributed by atoms with Gasteiger partial charge in [0.05, 0.1) is 6.61 Å². The van der Waals surface area contributed by atoms with Crippen LogP contribution in [-0.4, -0.2) is 41.1 Å². The maximum Gasteiger partial charge on any atom is 0.243 e. The van der Waals surface area contributed by atoms with E-state index in [4.69, 9.17) is 4.74 Å². The van der Waals surface area contributed by atoms with E-state index < -0.39 is 20.7 Å². The Kier molecular flexibility index (Phi) is 6.56. The fourth-order valence-electron chi connectivity index (χ4n) is 1.42. The summed E-state index contributed by atoms with van der Waals surface area (Å²) in [5.74, 6) is -1.14. The lowest BCUT2D eigenvalue weighted by atomic mass is 10.4. The molecule has 0 fully saturated rings. The number of hydrogen-bond acceptors (Lipinski definition) is 4. The van der Waals surface area contributed by atoms with Gasteiger partial charge in [0.1, 0.15) is 10.7 Å². The molecule has 0 saturated heterocycles. The molecule has 2 N–H and O–H groups in total. The van der Waals surface area contributed by atoms with Crippen LogP contribution in [0.3, 0.4) is 0 Å². The van der Waals surface area contributed by atoms with Crippen LogP contribution in [0.1, 0.15) is 6.42 Å². The Morgan fingerprint density at radius 3 is 2.65 bits per heavy atom. The second-order valence-corrected chi connectivity index (χ2v) is 5.66. The van der Waals surface area contributed by atoms with Crippen molar-refractivity contribution in [1.82, 2.24) is 10.0 Å². The van der Waals surface area contributed by atoms with Gasteiger partial charge in [0.25, 0.3) is 0 Å². The van der Waals surface area contributed by atoms with E-state index in [0.29, 0.717) is 13.2 Å². The van der Waals surface area contributed by atoms with Crippen LogP contribution in [-0.2, 0) is 19.6 Å². The molecule has 0 heterocycles. The van der Waals surface area contributed by atoms with Gasteiger partial charge in [0.15, 0.2) is 0 Å². The highest BCUT2D eigenvalue weighted by atomic mass is 32.2. The predicted octanol–water partition coefficient (Wildman–Crippen LogP) is 0.257. The van der Waals surface area contributed by atoms with Crippen molar-refractivity contribution in [2.24, 2.45) is 0 Å². The molecule has 0 spiro atoms. The summed E-state index contributed by atoms with van der Waals surface area (Å²) in [4.78, 5) is 10.9. The van der Waals surface area contributed by atoms with Crippen LogP contribution in [0.5, 0.6) is 0 Å². The fourth-order valence-corrected chi connectivity index (χ4v) is 2.53. The second kappa shape index (κ2) is 7.93. The summed E-state index contributed by atoms with van der Waals surface area (Å²) in [6.07, 6.45) is -0.0304. The van der Waals surface area contributed by atoms with Crippen LogP contribution in [0.4, 0.5) is 4.39 Å². The lowest BCUT2D eigenvalue weighted by molar-refractivity contribution is -0.121. The Labute approximate surface area is 117 Å². The Hall–Kier alpha value is -1.51. The van der Waals surface area contributed by atoms with Gasteiger partial charge in [-0.25, -0.2) is 17.5 Å². The first kappa shape index (κ1) is 16.5. The van der Waals surface area contributed by atoms with Crippen molar-refractivity contribution < 1.29 is 22.3 Å². The summed E-state index contributed by atoms with van der Waals surface area (Å²) in [5.41, 5.74) is 0. The Balaban J connectivity index is 2.45. The highest BCUT2D eigenvalue weighted by Crippen LogP contribution is 2.12. The summed E-state index contributed by atoms with van der Waals surface area (Å²) in [6.45, 7) is 0.636. The average molecular weight is 304 g/mol. The van der Waals surface area contributed by atoms with Crippen LogP contribution in [0.25, 0.3) is 0 Å². The molecule has 112 valence electrons. The Morgan fingerprint density at radius 1 is 1.30 bits per heavy atom. The molecular formula is C12H17FN2O4S. The zero-order valence-electron chi connectivity index (χ0n) is 11.1. The lowest BCUT2D eigenvalue weighted by Crippen LogP contribution is -2.32. The second-order valence-electron chi connectivity index (χ2n) is 3.92. The zero-order chi connectivity index (χ0) is 15.0. The number of hydrogen-bond donors (Lipinski definition) is 2. The van der Waals surface area contributed by atoms with Gasteiger partial charge in [0.2, 0.25) is 15.9 Å². The molecular weight excluding hydrogens is 287 g/mol. The van der Waals surface area contributed by atoms with Crippen molar-refractivity contribution in [3.8, 4) is 0 Å². The van der Waals surface area contributed by atoms with Crippen LogP contribution in [0.15, 0.2) is 29.2 Å². The number of ether oxygens (including phenoxy) is 1. The van der Waals surface area contributed by atoms with E-state index in [1.165, 1.54) is 19.2 Å². The quantitative estimate of drug-likeness (QED) is 0.675. The van der Waals surface area contributed by atoms with Gasteiger partial charge in [-0.1, -0.05) is 12.1 Å². The molecule has 0 aromatic heterocycles. The minimum absolute atomic E-state index is 0.0304. The number of nitrogens with one attached hydrogen (secondary N) is 2. The van der Waals surface area contributed by atoms with Gasteiger partial charge < -0.3 is 10.1 Å². The Bertz CT molecular complexity index is 548. The molecule has 1 rings (SSSR count). The van der Waals surface area contributed by atoms with E-state index in [2.05, 4.69) is 10.0 Å². The molecule has 20 heavy (non-hydrogen) atoms. The number of methoxy groups -OCH3 is 1. The number of benzene rings is 1. The third-order valence-corrected chi connectivity index (χ3v) is 3.89. The molecule has 0 unspecified atom stereocenters. The van der Waals surface area contributed by atoms with Crippen molar-refractivity contribution in [2.45, 2.75) is 11.3 Å². The molecule has 0 atom stereocenters. The molecule has 6 nitrogen and oxygen atoms in total. The molecule has 8 heteroatoms. The van der Waals surface area contributed by atoms with Gasteiger partial charge in [-0.15, -0.1) is 0 Å². The van der Waals surface area contributed by atoms with E-state index >= 15 is 0 Å². The van der Waals surface area contributed by atoms with E-state index in [1.54, 1.807) is 0 Å². The summed E-state index contributed by atoms with van der Waals surface area (Å²) in [5, 5.41) is 2.55. The predicted molar refractivity (Wildman–Crippen MR) is 71.1 cm³/mol. The minimum atomic E-state index is -3.94. The molecule has 1 amide bonds. The van der Waals surface area contributed by atoms with E-state index in [-0.39, 0.29) is 18.9 Å². The normalized spacial score (nSPS) is 11.3. The maximum absolute atomic E-state index is 13.4. The summed E-state index contributed by atoms with van der Waals surface area (Å²) < 4.78 is 43.9. The molecule has 0 saturated carbocycles. The number of sulfonamides is 1. The van der Waals surface area contributed by atoms with E-state index in [1.807, 2.05) is 0 Å². The zero-order valence-corrected chi connectivity index (χ0v) is 11.9. The van der Waals surface area contributed by atoms with Gasteiger partial charge in [-0.05, 0) is 12.1 Å². The van der Waals surface area contributed by atoms with Crippen molar-refractivity contribution in [3.63, 3.8) is 0 Å². The molecule has 1 aromatic rings. The largest absolute Gasteiger partial charge is 0.383 e. The smallest absolute Gasteiger partial charge is 0.243 e. The first-order chi connectivity index (χ1) is 9.47. The third-order valence-electron chi connectivity index (χ3n) is 2.40. The molecule has 0 aliphatic carbocycles. The number of amides is 1. The van der Waals surface area contributed by atoms with Crippen molar-refractivity contribution in [1.29, 1.82) is 0 Å². The summed E-state index contributed by atoms with van der Waals surface area (Å²) >= 11 is 0. The van der Waals surface area contributed by atoms with Gasteiger partial charge >= 0.3 is 0 Å². The third kappa shape index (κ3) is 5.24. The first-order valence-electron chi connectivity index (χ1n) is 5.97. The van der Waals surface area contributed by atoms with Crippen LogP contribution in [0.2, 0.25) is 0 Å². The standard InChI is InChI=1S/C12H17FN2O4S/c1-19-9-8-14-12(16)6-7-15-20(17,18)11-5-3-2-4-10(11)13/h2-5,15H,6-9H2,1H3,(H,14,16). The van der Waals surface area contributed by atoms with Crippen molar-refractivity contribution in [3.05, 3.63) is 30.1 Å². The number of halogens is 1. The highest BCUT2D eigenvalue weighted by Gasteiger charge is 2.18. The Morgan fingerprint density at radius 2 is 2.00 bits per heavy atom.